The Labute approximate surface area is 186 Å². The van der Waals surface area contributed by atoms with Gasteiger partial charge in [-0.15, -0.1) is 0 Å². The van der Waals surface area contributed by atoms with Gasteiger partial charge in [-0.25, -0.2) is 4.98 Å². The smallest absolute Gasteiger partial charge is 0.193 e. The molecule has 2 saturated heterocycles. The predicted octanol–water partition coefficient (Wildman–Crippen LogP) is 2.55. The van der Waals surface area contributed by atoms with Crippen LogP contribution in [-0.4, -0.2) is 84.2 Å². The molecule has 2 fully saturated rings. The number of piperazine rings is 1. The molecular formula is C24H37N7. The standard InChI is InChI=1S/C24H37N7/c1-20-9-11-30(18-23(20)31-12-10-26-19-31)24(25-3)27-17-21(2)28-13-15-29(16-14-28)22-7-5-4-6-8-22/h4-8,10,12,19-21,23H,9,11,13-18H2,1-3H3,(H,25,27). The van der Waals surface area contributed by atoms with Gasteiger partial charge < -0.3 is 19.7 Å². The van der Waals surface area contributed by atoms with Crippen LogP contribution in [0.3, 0.4) is 0 Å². The minimum absolute atomic E-state index is 0.443. The molecule has 3 unspecified atom stereocenters. The Hall–Kier alpha value is -2.54. The van der Waals surface area contributed by atoms with Gasteiger partial charge in [-0.05, 0) is 31.4 Å². The lowest BCUT2D eigenvalue weighted by Gasteiger charge is -2.41. The minimum atomic E-state index is 0.443. The maximum atomic E-state index is 4.60. The second kappa shape index (κ2) is 10.2. The molecule has 2 aliphatic heterocycles. The van der Waals surface area contributed by atoms with Gasteiger partial charge in [0.15, 0.2) is 5.96 Å². The number of hydrogen-bond acceptors (Lipinski definition) is 4. The van der Waals surface area contributed by atoms with Crippen LogP contribution < -0.4 is 10.2 Å². The van der Waals surface area contributed by atoms with E-state index in [9.17, 15) is 0 Å². The van der Waals surface area contributed by atoms with E-state index in [0.717, 1.165) is 51.8 Å². The Morgan fingerprint density at radius 2 is 1.94 bits per heavy atom. The van der Waals surface area contributed by atoms with Crippen LogP contribution in [0.4, 0.5) is 5.69 Å². The number of piperidine rings is 1. The number of nitrogens with zero attached hydrogens (tertiary/aromatic N) is 6. The zero-order valence-electron chi connectivity index (χ0n) is 19.2. The summed E-state index contributed by atoms with van der Waals surface area (Å²) in [6.07, 6.45) is 7.06. The molecule has 0 amide bonds. The van der Waals surface area contributed by atoms with Crippen LogP contribution in [0.15, 0.2) is 54.0 Å². The first kappa shape index (κ1) is 21.7. The van der Waals surface area contributed by atoms with Crippen molar-refractivity contribution in [2.24, 2.45) is 10.9 Å². The van der Waals surface area contributed by atoms with Crippen molar-refractivity contribution in [3.05, 3.63) is 49.1 Å². The van der Waals surface area contributed by atoms with E-state index in [0.29, 0.717) is 18.0 Å². The largest absolute Gasteiger partial charge is 0.369 e. The average molecular weight is 424 g/mol. The van der Waals surface area contributed by atoms with Crippen molar-refractivity contribution in [3.63, 3.8) is 0 Å². The Morgan fingerprint density at radius 3 is 2.61 bits per heavy atom. The molecule has 0 bridgehead atoms. The molecule has 0 aliphatic carbocycles. The fourth-order valence-corrected chi connectivity index (χ4v) is 4.86. The summed E-state index contributed by atoms with van der Waals surface area (Å²) in [5, 5.41) is 3.66. The lowest BCUT2D eigenvalue weighted by Crippen LogP contribution is -2.54. The van der Waals surface area contributed by atoms with Gasteiger partial charge >= 0.3 is 0 Å². The molecule has 3 heterocycles. The van der Waals surface area contributed by atoms with Crippen LogP contribution in [-0.2, 0) is 0 Å². The molecule has 7 nitrogen and oxygen atoms in total. The fraction of sp³-hybridized carbons (Fsp3) is 0.583. The zero-order chi connectivity index (χ0) is 21.6. The van der Waals surface area contributed by atoms with Crippen molar-refractivity contribution < 1.29 is 0 Å². The first-order valence-electron chi connectivity index (χ1n) is 11.6. The Kier molecular flexibility index (Phi) is 7.12. The molecule has 31 heavy (non-hydrogen) atoms. The SMILES string of the molecule is CN=C(NCC(C)N1CCN(c2ccccc2)CC1)N1CCC(C)C(n2ccnc2)C1. The normalized spacial score (nSPS) is 24.3. The number of likely N-dealkylation sites (tertiary alicyclic amines) is 1. The quantitative estimate of drug-likeness (QED) is 0.592. The lowest BCUT2D eigenvalue weighted by atomic mass is 9.93. The summed E-state index contributed by atoms with van der Waals surface area (Å²) >= 11 is 0. The third-order valence-corrected chi connectivity index (χ3v) is 6.95. The van der Waals surface area contributed by atoms with Crippen molar-refractivity contribution in [1.82, 2.24) is 24.7 Å². The van der Waals surface area contributed by atoms with E-state index in [-0.39, 0.29) is 0 Å². The first-order chi connectivity index (χ1) is 15.2. The summed E-state index contributed by atoms with van der Waals surface area (Å²) in [6, 6.07) is 11.7. The summed E-state index contributed by atoms with van der Waals surface area (Å²) in [7, 11) is 1.90. The molecule has 0 saturated carbocycles. The van der Waals surface area contributed by atoms with E-state index in [1.165, 1.54) is 12.1 Å². The Balaban J connectivity index is 1.27. The van der Waals surface area contributed by atoms with E-state index in [1.54, 1.807) is 0 Å². The molecule has 0 radical (unpaired) electrons. The van der Waals surface area contributed by atoms with Crippen LogP contribution >= 0.6 is 0 Å². The summed E-state index contributed by atoms with van der Waals surface area (Å²) in [6.45, 7) is 12.0. The van der Waals surface area contributed by atoms with Crippen molar-refractivity contribution in [1.29, 1.82) is 0 Å². The molecular weight excluding hydrogens is 386 g/mol. The van der Waals surface area contributed by atoms with Gasteiger partial charge in [-0.3, -0.25) is 9.89 Å². The summed E-state index contributed by atoms with van der Waals surface area (Å²) in [5.74, 6) is 1.66. The van der Waals surface area contributed by atoms with E-state index in [1.807, 2.05) is 19.6 Å². The second-order valence-corrected chi connectivity index (χ2v) is 8.92. The minimum Gasteiger partial charge on any atom is -0.369 e. The number of hydrogen-bond donors (Lipinski definition) is 1. The highest BCUT2D eigenvalue weighted by atomic mass is 15.3. The van der Waals surface area contributed by atoms with Crippen molar-refractivity contribution in [3.8, 4) is 0 Å². The summed E-state index contributed by atoms with van der Waals surface area (Å²) in [5.41, 5.74) is 1.33. The van der Waals surface area contributed by atoms with Crippen LogP contribution in [0, 0.1) is 5.92 Å². The maximum Gasteiger partial charge on any atom is 0.193 e. The van der Waals surface area contributed by atoms with E-state index in [2.05, 4.69) is 84.9 Å². The van der Waals surface area contributed by atoms with Gasteiger partial charge in [0.05, 0.1) is 12.4 Å². The zero-order valence-corrected chi connectivity index (χ0v) is 19.2. The van der Waals surface area contributed by atoms with Gasteiger partial charge in [-0.1, -0.05) is 25.1 Å². The first-order valence-corrected chi connectivity index (χ1v) is 11.6. The lowest BCUT2D eigenvalue weighted by molar-refractivity contribution is 0.181. The number of rotatable bonds is 5. The Morgan fingerprint density at radius 1 is 1.16 bits per heavy atom. The number of para-hydroxylation sites is 1. The van der Waals surface area contributed by atoms with E-state index in [4.69, 9.17) is 0 Å². The van der Waals surface area contributed by atoms with Crippen molar-refractivity contribution >= 4 is 11.6 Å². The van der Waals surface area contributed by atoms with Crippen LogP contribution in [0.5, 0.6) is 0 Å². The topological polar surface area (TPSA) is 51.9 Å². The number of aromatic nitrogens is 2. The second-order valence-electron chi connectivity index (χ2n) is 8.92. The molecule has 0 spiro atoms. The Bertz CT molecular complexity index is 812. The van der Waals surface area contributed by atoms with Crippen LogP contribution in [0.25, 0.3) is 0 Å². The highest BCUT2D eigenvalue weighted by molar-refractivity contribution is 5.80. The highest BCUT2D eigenvalue weighted by Crippen LogP contribution is 2.27. The monoisotopic (exact) mass is 423 g/mol. The van der Waals surface area contributed by atoms with Gasteiger partial charge in [0.1, 0.15) is 0 Å². The van der Waals surface area contributed by atoms with E-state index >= 15 is 0 Å². The number of nitrogens with one attached hydrogen (secondary N) is 1. The van der Waals surface area contributed by atoms with Gasteiger partial charge in [0.2, 0.25) is 0 Å². The molecule has 4 rings (SSSR count). The number of aliphatic imine (C=N–C) groups is 1. The molecule has 168 valence electrons. The summed E-state index contributed by atoms with van der Waals surface area (Å²) < 4.78 is 2.25. The van der Waals surface area contributed by atoms with Crippen LogP contribution in [0.2, 0.25) is 0 Å². The fourth-order valence-electron chi connectivity index (χ4n) is 4.86. The molecule has 1 aromatic heterocycles. The molecule has 3 atom stereocenters. The third-order valence-electron chi connectivity index (χ3n) is 6.95. The van der Waals surface area contributed by atoms with Crippen molar-refractivity contribution in [2.45, 2.75) is 32.4 Å². The maximum absolute atomic E-state index is 4.60. The third kappa shape index (κ3) is 5.21. The molecule has 7 heteroatoms. The summed E-state index contributed by atoms with van der Waals surface area (Å²) in [4.78, 5) is 16.3. The average Bonchev–Trinajstić information content (AvgIpc) is 3.35. The van der Waals surface area contributed by atoms with Gasteiger partial charge in [0, 0.05) is 77.0 Å². The molecule has 2 aliphatic rings. The predicted molar refractivity (Wildman–Crippen MR) is 128 cm³/mol. The van der Waals surface area contributed by atoms with E-state index < -0.39 is 0 Å². The number of imidazole rings is 1. The van der Waals surface area contributed by atoms with Crippen LogP contribution in [0.1, 0.15) is 26.3 Å². The molecule has 1 N–H and O–H groups in total. The van der Waals surface area contributed by atoms with Crippen molar-refractivity contribution in [2.75, 3.05) is 57.8 Å². The highest BCUT2D eigenvalue weighted by Gasteiger charge is 2.29. The number of benzene rings is 1. The molecule has 2 aromatic rings. The number of guanidine groups is 1. The number of anilines is 1. The van der Waals surface area contributed by atoms with Gasteiger partial charge in [0.25, 0.3) is 0 Å². The molecule has 1 aromatic carbocycles. The van der Waals surface area contributed by atoms with Gasteiger partial charge in [-0.2, -0.15) is 0 Å².